The van der Waals surface area contributed by atoms with Gasteiger partial charge in [0, 0.05) is 6.07 Å². The SMILES string of the molecule is COc1c(Br)cc(C#N)cc1OCC1CC1. The highest BCUT2D eigenvalue weighted by atomic mass is 79.9. The van der Waals surface area contributed by atoms with E-state index in [2.05, 4.69) is 22.0 Å². The molecule has 4 heteroatoms. The molecule has 2 rings (SSSR count). The summed E-state index contributed by atoms with van der Waals surface area (Å²) in [5.74, 6) is 1.97. The third-order valence-electron chi connectivity index (χ3n) is 2.51. The third-order valence-corrected chi connectivity index (χ3v) is 3.10. The van der Waals surface area contributed by atoms with Crippen molar-refractivity contribution in [2.45, 2.75) is 12.8 Å². The molecule has 16 heavy (non-hydrogen) atoms. The summed E-state index contributed by atoms with van der Waals surface area (Å²) in [6.45, 7) is 0.706. The zero-order chi connectivity index (χ0) is 11.5. The zero-order valence-corrected chi connectivity index (χ0v) is 10.6. The molecule has 0 N–H and O–H groups in total. The lowest BCUT2D eigenvalue weighted by molar-refractivity contribution is 0.279. The number of halogens is 1. The number of rotatable bonds is 4. The van der Waals surface area contributed by atoms with Crippen LogP contribution in [0.15, 0.2) is 16.6 Å². The van der Waals surface area contributed by atoms with Crippen LogP contribution < -0.4 is 9.47 Å². The highest BCUT2D eigenvalue weighted by Gasteiger charge is 2.23. The van der Waals surface area contributed by atoms with Crippen molar-refractivity contribution >= 4 is 15.9 Å². The number of hydrogen-bond donors (Lipinski definition) is 0. The zero-order valence-electron chi connectivity index (χ0n) is 9.00. The Bertz CT molecular complexity index is 435. The molecular formula is C12H12BrNO2. The first-order chi connectivity index (χ1) is 7.74. The van der Waals surface area contributed by atoms with Crippen molar-refractivity contribution in [3.63, 3.8) is 0 Å². The first kappa shape index (κ1) is 11.3. The molecule has 0 spiro atoms. The van der Waals surface area contributed by atoms with Crippen molar-refractivity contribution in [1.29, 1.82) is 5.26 Å². The quantitative estimate of drug-likeness (QED) is 0.852. The van der Waals surface area contributed by atoms with E-state index < -0.39 is 0 Å². The van der Waals surface area contributed by atoms with Gasteiger partial charge in [0.05, 0.1) is 29.8 Å². The van der Waals surface area contributed by atoms with Gasteiger partial charge in [-0.05, 0) is 40.8 Å². The van der Waals surface area contributed by atoms with Gasteiger partial charge < -0.3 is 9.47 Å². The van der Waals surface area contributed by atoms with Gasteiger partial charge >= 0.3 is 0 Å². The molecule has 1 aliphatic carbocycles. The maximum absolute atomic E-state index is 8.87. The predicted octanol–water partition coefficient (Wildman–Crippen LogP) is 3.12. The molecule has 1 fully saturated rings. The molecule has 0 aromatic heterocycles. The smallest absolute Gasteiger partial charge is 0.175 e. The van der Waals surface area contributed by atoms with Crippen LogP contribution in [0, 0.1) is 17.2 Å². The largest absolute Gasteiger partial charge is 0.492 e. The summed E-state index contributed by atoms with van der Waals surface area (Å²) in [7, 11) is 1.59. The molecule has 1 aromatic carbocycles. The summed E-state index contributed by atoms with van der Waals surface area (Å²) in [5.41, 5.74) is 0.568. The molecular weight excluding hydrogens is 270 g/mol. The van der Waals surface area contributed by atoms with E-state index in [1.807, 2.05) is 0 Å². The van der Waals surface area contributed by atoms with Gasteiger partial charge in [-0.25, -0.2) is 0 Å². The van der Waals surface area contributed by atoms with Crippen molar-refractivity contribution in [2.75, 3.05) is 13.7 Å². The lowest BCUT2D eigenvalue weighted by Gasteiger charge is -2.12. The van der Waals surface area contributed by atoms with Crippen molar-refractivity contribution < 1.29 is 9.47 Å². The minimum Gasteiger partial charge on any atom is -0.492 e. The van der Waals surface area contributed by atoms with E-state index in [-0.39, 0.29) is 0 Å². The molecule has 1 saturated carbocycles. The lowest BCUT2D eigenvalue weighted by atomic mass is 10.2. The van der Waals surface area contributed by atoms with Crippen LogP contribution in [0.5, 0.6) is 11.5 Å². The number of hydrogen-bond acceptors (Lipinski definition) is 3. The fourth-order valence-electron chi connectivity index (χ4n) is 1.43. The molecule has 0 bridgehead atoms. The second kappa shape index (κ2) is 4.75. The van der Waals surface area contributed by atoms with E-state index >= 15 is 0 Å². The van der Waals surface area contributed by atoms with Crippen molar-refractivity contribution in [3.8, 4) is 17.6 Å². The number of ether oxygens (including phenoxy) is 2. The molecule has 0 saturated heterocycles. The highest BCUT2D eigenvalue weighted by Crippen LogP contribution is 2.38. The van der Waals surface area contributed by atoms with E-state index in [1.165, 1.54) is 12.8 Å². The van der Waals surface area contributed by atoms with Gasteiger partial charge in [0.2, 0.25) is 0 Å². The Morgan fingerprint density at radius 3 is 2.81 bits per heavy atom. The minimum atomic E-state index is 0.568. The second-order valence-corrected chi connectivity index (χ2v) is 4.71. The first-order valence-electron chi connectivity index (χ1n) is 5.15. The van der Waals surface area contributed by atoms with Gasteiger partial charge in [-0.2, -0.15) is 5.26 Å². The van der Waals surface area contributed by atoms with Gasteiger partial charge in [0.15, 0.2) is 11.5 Å². The molecule has 0 amide bonds. The van der Waals surface area contributed by atoms with Gasteiger partial charge in [-0.1, -0.05) is 0 Å². The van der Waals surface area contributed by atoms with Gasteiger partial charge in [0.1, 0.15) is 0 Å². The number of nitriles is 1. The van der Waals surface area contributed by atoms with Crippen LogP contribution in [0.25, 0.3) is 0 Å². The molecule has 0 unspecified atom stereocenters. The standard InChI is InChI=1S/C12H12BrNO2/c1-15-12-10(13)4-9(6-14)5-11(12)16-7-8-2-3-8/h4-5,8H,2-3,7H2,1H3. The molecule has 0 atom stereocenters. The number of benzene rings is 1. The van der Waals surface area contributed by atoms with Gasteiger partial charge in [-0.15, -0.1) is 0 Å². The van der Waals surface area contributed by atoms with Crippen molar-refractivity contribution in [3.05, 3.63) is 22.2 Å². The fraction of sp³-hybridized carbons (Fsp3) is 0.417. The highest BCUT2D eigenvalue weighted by molar-refractivity contribution is 9.10. The predicted molar refractivity (Wildman–Crippen MR) is 63.6 cm³/mol. The Morgan fingerprint density at radius 1 is 1.50 bits per heavy atom. The fourth-order valence-corrected chi connectivity index (χ4v) is 2.03. The first-order valence-corrected chi connectivity index (χ1v) is 5.94. The summed E-state index contributed by atoms with van der Waals surface area (Å²) in [4.78, 5) is 0. The molecule has 0 heterocycles. The van der Waals surface area contributed by atoms with Crippen molar-refractivity contribution in [2.24, 2.45) is 5.92 Å². The Morgan fingerprint density at radius 2 is 2.25 bits per heavy atom. The molecule has 0 aliphatic heterocycles. The van der Waals surface area contributed by atoms with E-state index in [1.54, 1.807) is 19.2 Å². The van der Waals surface area contributed by atoms with E-state index in [0.717, 1.165) is 4.47 Å². The topological polar surface area (TPSA) is 42.2 Å². The van der Waals surface area contributed by atoms with Crippen LogP contribution in [0.4, 0.5) is 0 Å². The van der Waals surface area contributed by atoms with Crippen LogP contribution >= 0.6 is 15.9 Å². The molecule has 1 aliphatic rings. The Hall–Kier alpha value is -1.21. The monoisotopic (exact) mass is 281 g/mol. The summed E-state index contributed by atoms with van der Waals surface area (Å²) in [6.07, 6.45) is 2.48. The Labute approximate surface area is 103 Å². The van der Waals surface area contributed by atoms with Gasteiger partial charge in [-0.3, -0.25) is 0 Å². The second-order valence-electron chi connectivity index (χ2n) is 3.86. The van der Waals surface area contributed by atoms with E-state index in [0.29, 0.717) is 29.6 Å². The summed E-state index contributed by atoms with van der Waals surface area (Å²) >= 11 is 3.37. The average molecular weight is 282 g/mol. The van der Waals surface area contributed by atoms with Crippen molar-refractivity contribution in [1.82, 2.24) is 0 Å². The molecule has 84 valence electrons. The van der Waals surface area contributed by atoms with Crippen LogP contribution in [0.1, 0.15) is 18.4 Å². The van der Waals surface area contributed by atoms with E-state index in [9.17, 15) is 0 Å². The summed E-state index contributed by atoms with van der Waals surface area (Å²) < 4.78 is 11.7. The number of nitrogens with zero attached hydrogens (tertiary/aromatic N) is 1. The normalized spacial score (nSPS) is 14.3. The van der Waals surface area contributed by atoms with Crippen LogP contribution in [0.2, 0.25) is 0 Å². The molecule has 1 aromatic rings. The van der Waals surface area contributed by atoms with Crippen LogP contribution in [-0.4, -0.2) is 13.7 Å². The summed E-state index contributed by atoms with van der Waals surface area (Å²) in [6, 6.07) is 5.54. The molecule has 0 radical (unpaired) electrons. The van der Waals surface area contributed by atoms with E-state index in [4.69, 9.17) is 14.7 Å². The van der Waals surface area contributed by atoms with Gasteiger partial charge in [0.25, 0.3) is 0 Å². The Kier molecular flexibility index (Phi) is 3.35. The maximum Gasteiger partial charge on any atom is 0.175 e. The number of methoxy groups -OCH3 is 1. The minimum absolute atomic E-state index is 0.568. The Balaban J connectivity index is 2.24. The maximum atomic E-state index is 8.87. The third kappa shape index (κ3) is 2.48. The van der Waals surface area contributed by atoms with Crippen LogP contribution in [-0.2, 0) is 0 Å². The summed E-state index contributed by atoms with van der Waals surface area (Å²) in [5, 5.41) is 8.87. The lowest BCUT2D eigenvalue weighted by Crippen LogP contribution is -2.01. The average Bonchev–Trinajstić information content (AvgIpc) is 3.09. The molecule has 3 nitrogen and oxygen atoms in total. The van der Waals surface area contributed by atoms with Crippen LogP contribution in [0.3, 0.4) is 0 Å².